The molecule has 20 heavy (non-hydrogen) atoms. The summed E-state index contributed by atoms with van der Waals surface area (Å²) in [6, 6.07) is 0.249. The quantitative estimate of drug-likeness (QED) is 0.851. The number of likely N-dealkylation sites (N-methyl/N-ethyl adjacent to an activating group) is 1. The molecule has 0 aliphatic carbocycles. The van der Waals surface area contributed by atoms with Gasteiger partial charge in [-0.3, -0.25) is 4.79 Å². The highest BCUT2D eigenvalue weighted by atomic mass is 32.2. The van der Waals surface area contributed by atoms with Crippen molar-refractivity contribution in [2.75, 3.05) is 38.7 Å². The number of hydrogen-bond acceptors (Lipinski definition) is 5. The first-order valence-corrected chi connectivity index (χ1v) is 8.12. The van der Waals surface area contributed by atoms with Gasteiger partial charge in [-0.2, -0.15) is 11.8 Å². The summed E-state index contributed by atoms with van der Waals surface area (Å²) in [4.78, 5) is 17.0. The second-order valence-corrected chi connectivity index (χ2v) is 6.69. The van der Waals surface area contributed by atoms with E-state index in [9.17, 15) is 4.79 Å². The van der Waals surface area contributed by atoms with Gasteiger partial charge in [0, 0.05) is 18.8 Å². The monoisotopic (exact) mass is 297 g/mol. The summed E-state index contributed by atoms with van der Waals surface area (Å²) in [6.45, 7) is 5.34. The SMILES string of the molecule is Cc1noc(C)c1C(=O)N1CCCSCC1CN(C)C. The summed E-state index contributed by atoms with van der Waals surface area (Å²) in [5.41, 5.74) is 1.33. The van der Waals surface area contributed by atoms with Crippen molar-refractivity contribution in [1.29, 1.82) is 0 Å². The van der Waals surface area contributed by atoms with Gasteiger partial charge in [-0.1, -0.05) is 5.16 Å². The number of carbonyl (C=O) groups is 1. The van der Waals surface area contributed by atoms with Gasteiger partial charge in [0.1, 0.15) is 11.3 Å². The van der Waals surface area contributed by atoms with Crippen molar-refractivity contribution in [3.05, 3.63) is 17.0 Å². The lowest BCUT2D eigenvalue weighted by Gasteiger charge is -2.31. The van der Waals surface area contributed by atoms with E-state index in [1.165, 1.54) is 0 Å². The molecule has 1 amide bonds. The van der Waals surface area contributed by atoms with Gasteiger partial charge in [-0.05, 0) is 40.1 Å². The van der Waals surface area contributed by atoms with E-state index in [-0.39, 0.29) is 11.9 Å². The summed E-state index contributed by atoms with van der Waals surface area (Å²) in [5, 5.41) is 3.90. The van der Waals surface area contributed by atoms with Crippen LogP contribution in [0.5, 0.6) is 0 Å². The summed E-state index contributed by atoms with van der Waals surface area (Å²) >= 11 is 1.93. The normalized spacial score (nSPS) is 20.2. The first-order valence-electron chi connectivity index (χ1n) is 6.97. The second-order valence-electron chi connectivity index (χ2n) is 5.54. The molecule has 1 fully saturated rings. The summed E-state index contributed by atoms with van der Waals surface area (Å²) in [6.07, 6.45) is 1.05. The average Bonchev–Trinajstić information content (AvgIpc) is 2.60. The molecule has 0 saturated carbocycles. The van der Waals surface area contributed by atoms with Crippen LogP contribution in [0.3, 0.4) is 0 Å². The van der Waals surface area contributed by atoms with Crippen LogP contribution < -0.4 is 0 Å². The molecular weight excluding hydrogens is 274 g/mol. The standard InChI is InChI=1S/C14H23N3O2S/c1-10-13(11(2)19-15-10)14(18)17-6-5-7-20-9-12(17)8-16(3)4/h12H,5-9H2,1-4H3. The van der Waals surface area contributed by atoms with Crippen LogP contribution in [0, 0.1) is 13.8 Å². The van der Waals surface area contributed by atoms with Crippen LogP contribution >= 0.6 is 11.8 Å². The van der Waals surface area contributed by atoms with Crippen LogP contribution in [0.25, 0.3) is 0 Å². The third kappa shape index (κ3) is 3.35. The van der Waals surface area contributed by atoms with E-state index < -0.39 is 0 Å². The number of nitrogens with zero attached hydrogens (tertiary/aromatic N) is 3. The Labute approximate surface area is 124 Å². The van der Waals surface area contributed by atoms with E-state index in [0.717, 1.165) is 31.0 Å². The predicted octanol–water partition coefficient (Wildman–Crippen LogP) is 1.80. The summed E-state index contributed by atoms with van der Waals surface area (Å²) < 4.78 is 5.14. The Morgan fingerprint density at radius 1 is 1.50 bits per heavy atom. The van der Waals surface area contributed by atoms with Crippen molar-refractivity contribution < 1.29 is 9.32 Å². The molecule has 0 spiro atoms. The van der Waals surface area contributed by atoms with Crippen molar-refractivity contribution in [3.8, 4) is 0 Å². The van der Waals surface area contributed by atoms with Crippen molar-refractivity contribution >= 4 is 17.7 Å². The molecule has 6 heteroatoms. The molecule has 112 valence electrons. The highest BCUT2D eigenvalue weighted by Gasteiger charge is 2.30. The number of thioether (sulfide) groups is 1. The van der Waals surface area contributed by atoms with Crippen molar-refractivity contribution in [3.63, 3.8) is 0 Å². The molecule has 0 radical (unpaired) electrons. The molecule has 2 heterocycles. The third-order valence-corrected chi connectivity index (χ3v) is 4.72. The minimum absolute atomic E-state index is 0.0654. The van der Waals surface area contributed by atoms with Crippen LogP contribution in [0.4, 0.5) is 0 Å². The molecule has 1 unspecified atom stereocenters. The maximum absolute atomic E-state index is 12.8. The highest BCUT2D eigenvalue weighted by Crippen LogP contribution is 2.22. The lowest BCUT2D eigenvalue weighted by molar-refractivity contribution is 0.0673. The molecule has 1 aromatic heterocycles. The molecule has 1 atom stereocenters. The number of carbonyl (C=O) groups excluding carboxylic acids is 1. The molecule has 0 aromatic carbocycles. The van der Waals surface area contributed by atoms with E-state index >= 15 is 0 Å². The van der Waals surface area contributed by atoms with Gasteiger partial charge < -0.3 is 14.3 Å². The number of rotatable bonds is 3. The fourth-order valence-corrected chi connectivity index (χ4v) is 3.66. The van der Waals surface area contributed by atoms with Gasteiger partial charge in [0.25, 0.3) is 5.91 Å². The van der Waals surface area contributed by atoms with Gasteiger partial charge in [0.2, 0.25) is 0 Å². The molecule has 1 aliphatic rings. The van der Waals surface area contributed by atoms with Crippen LogP contribution in [-0.2, 0) is 0 Å². The molecule has 1 aliphatic heterocycles. The molecule has 0 bridgehead atoms. The molecule has 1 aromatic rings. The fraction of sp³-hybridized carbons (Fsp3) is 0.714. The predicted molar refractivity (Wildman–Crippen MR) is 81.3 cm³/mol. The van der Waals surface area contributed by atoms with E-state index in [1.807, 2.05) is 37.7 Å². The number of aryl methyl sites for hydroxylation is 2. The Hall–Kier alpha value is -1.01. The summed E-state index contributed by atoms with van der Waals surface area (Å²) in [5.74, 6) is 2.80. The maximum atomic E-state index is 12.8. The Morgan fingerprint density at radius 2 is 2.25 bits per heavy atom. The fourth-order valence-electron chi connectivity index (χ4n) is 2.60. The van der Waals surface area contributed by atoms with E-state index in [2.05, 4.69) is 10.1 Å². The first kappa shape index (κ1) is 15.4. The number of amides is 1. The first-order chi connectivity index (χ1) is 9.50. The Kier molecular flexibility index (Phi) is 5.10. The zero-order chi connectivity index (χ0) is 14.7. The van der Waals surface area contributed by atoms with Crippen LogP contribution in [0.1, 0.15) is 28.2 Å². The van der Waals surface area contributed by atoms with Crippen molar-refractivity contribution in [2.24, 2.45) is 0 Å². The molecule has 2 rings (SSSR count). The van der Waals surface area contributed by atoms with Crippen LogP contribution in [-0.4, -0.2) is 65.6 Å². The second kappa shape index (κ2) is 6.63. The minimum atomic E-state index is 0.0654. The largest absolute Gasteiger partial charge is 0.361 e. The van der Waals surface area contributed by atoms with Gasteiger partial charge in [0.15, 0.2) is 0 Å². The van der Waals surface area contributed by atoms with Crippen molar-refractivity contribution in [1.82, 2.24) is 15.0 Å². The topological polar surface area (TPSA) is 49.6 Å². The maximum Gasteiger partial charge on any atom is 0.259 e. The average molecular weight is 297 g/mol. The molecule has 1 saturated heterocycles. The highest BCUT2D eigenvalue weighted by molar-refractivity contribution is 7.99. The zero-order valence-corrected chi connectivity index (χ0v) is 13.5. The Morgan fingerprint density at radius 3 is 2.85 bits per heavy atom. The van der Waals surface area contributed by atoms with Gasteiger partial charge in [-0.15, -0.1) is 0 Å². The number of hydrogen-bond donors (Lipinski definition) is 0. The molecular formula is C14H23N3O2S. The van der Waals surface area contributed by atoms with Crippen molar-refractivity contribution in [2.45, 2.75) is 26.3 Å². The van der Waals surface area contributed by atoms with Gasteiger partial charge >= 0.3 is 0 Å². The van der Waals surface area contributed by atoms with Crippen LogP contribution in [0.2, 0.25) is 0 Å². The molecule has 5 nitrogen and oxygen atoms in total. The zero-order valence-electron chi connectivity index (χ0n) is 12.7. The lowest BCUT2D eigenvalue weighted by Crippen LogP contribution is -2.47. The van der Waals surface area contributed by atoms with Crippen LogP contribution in [0.15, 0.2) is 4.52 Å². The summed E-state index contributed by atoms with van der Waals surface area (Å²) in [7, 11) is 4.10. The third-order valence-electron chi connectivity index (χ3n) is 3.52. The molecule has 0 N–H and O–H groups in total. The number of aromatic nitrogens is 1. The van der Waals surface area contributed by atoms with E-state index in [0.29, 0.717) is 17.0 Å². The smallest absolute Gasteiger partial charge is 0.259 e. The lowest BCUT2D eigenvalue weighted by atomic mass is 10.1. The Bertz CT molecular complexity index is 453. The Balaban J connectivity index is 2.24. The minimum Gasteiger partial charge on any atom is -0.361 e. The van der Waals surface area contributed by atoms with Gasteiger partial charge in [0.05, 0.1) is 11.7 Å². The van der Waals surface area contributed by atoms with E-state index in [4.69, 9.17) is 4.52 Å². The van der Waals surface area contributed by atoms with E-state index in [1.54, 1.807) is 6.92 Å². The van der Waals surface area contributed by atoms with Gasteiger partial charge in [-0.25, -0.2) is 0 Å².